The van der Waals surface area contributed by atoms with Crippen LogP contribution in [-0.4, -0.2) is 19.0 Å². The molecule has 1 heterocycles. The molecule has 22 heavy (non-hydrogen) atoms. The maximum absolute atomic E-state index is 11.9. The third kappa shape index (κ3) is 3.02. The van der Waals surface area contributed by atoms with Crippen molar-refractivity contribution < 1.29 is 4.79 Å². The van der Waals surface area contributed by atoms with E-state index in [1.54, 1.807) is 17.8 Å². The highest BCUT2D eigenvalue weighted by Crippen LogP contribution is 2.47. The lowest BCUT2D eigenvalue weighted by molar-refractivity contribution is -0.120. The van der Waals surface area contributed by atoms with Gasteiger partial charge in [0.2, 0.25) is 5.91 Å². The lowest BCUT2D eigenvalue weighted by Gasteiger charge is -2.32. The summed E-state index contributed by atoms with van der Waals surface area (Å²) in [5, 5.41) is 2.83. The fourth-order valence-corrected chi connectivity index (χ4v) is 3.61. The highest BCUT2D eigenvalue weighted by Gasteiger charge is 2.22. The van der Waals surface area contributed by atoms with Crippen LogP contribution in [0.15, 0.2) is 71.0 Å². The second kappa shape index (κ2) is 6.71. The highest BCUT2D eigenvalue weighted by molar-refractivity contribution is 7.99. The van der Waals surface area contributed by atoms with E-state index >= 15 is 0 Å². The number of amides is 1. The third-order valence-corrected chi connectivity index (χ3v) is 4.67. The first kappa shape index (κ1) is 14.7. The molecule has 1 amide bonds. The average molecular weight is 310 g/mol. The number of nitrogens with one attached hydrogen (secondary N) is 1. The van der Waals surface area contributed by atoms with Crippen molar-refractivity contribution in [1.29, 1.82) is 0 Å². The molecule has 3 nitrogen and oxygen atoms in total. The van der Waals surface area contributed by atoms with Gasteiger partial charge < -0.3 is 10.2 Å². The molecule has 0 bridgehead atoms. The van der Waals surface area contributed by atoms with Crippen LogP contribution in [0.1, 0.15) is 6.42 Å². The van der Waals surface area contributed by atoms with Crippen molar-refractivity contribution in [3.8, 4) is 0 Å². The van der Waals surface area contributed by atoms with Crippen LogP contribution in [0.2, 0.25) is 0 Å². The van der Waals surface area contributed by atoms with E-state index in [-0.39, 0.29) is 5.91 Å². The van der Waals surface area contributed by atoms with Crippen molar-refractivity contribution in [2.75, 3.05) is 18.0 Å². The number of hydrogen-bond acceptors (Lipinski definition) is 3. The smallest absolute Gasteiger partial charge is 0.222 e. The Kier molecular flexibility index (Phi) is 4.49. The minimum atomic E-state index is 0.0492. The van der Waals surface area contributed by atoms with Gasteiger partial charge in [-0.15, -0.1) is 6.58 Å². The summed E-state index contributed by atoms with van der Waals surface area (Å²) < 4.78 is 0. The maximum Gasteiger partial charge on any atom is 0.222 e. The Morgan fingerprint density at radius 3 is 2.27 bits per heavy atom. The zero-order chi connectivity index (χ0) is 15.4. The molecule has 0 saturated heterocycles. The van der Waals surface area contributed by atoms with Crippen molar-refractivity contribution >= 4 is 29.0 Å². The molecule has 2 aromatic rings. The molecular weight excluding hydrogens is 292 g/mol. The third-order valence-electron chi connectivity index (χ3n) is 3.54. The Morgan fingerprint density at radius 2 is 1.68 bits per heavy atom. The van der Waals surface area contributed by atoms with Gasteiger partial charge in [0.25, 0.3) is 0 Å². The molecule has 3 rings (SSSR count). The van der Waals surface area contributed by atoms with E-state index in [1.807, 2.05) is 12.1 Å². The number of carbonyl (C=O) groups is 1. The molecule has 0 atom stereocenters. The maximum atomic E-state index is 11.9. The molecule has 112 valence electrons. The van der Waals surface area contributed by atoms with Gasteiger partial charge in [-0.2, -0.15) is 0 Å². The molecule has 0 saturated carbocycles. The molecule has 0 aromatic heterocycles. The summed E-state index contributed by atoms with van der Waals surface area (Å²) in [5.41, 5.74) is 2.34. The van der Waals surface area contributed by atoms with Gasteiger partial charge in [0.05, 0.1) is 11.4 Å². The second-order valence-corrected chi connectivity index (χ2v) is 6.12. The standard InChI is InChI=1S/C18H18N2OS/c1-2-12-19-18(21)11-13-20-14-7-3-5-9-16(14)22-17-10-6-4-8-15(17)20/h2-10H,1,11-13H2,(H,19,21). The van der Waals surface area contributed by atoms with Crippen molar-refractivity contribution in [2.24, 2.45) is 0 Å². The van der Waals surface area contributed by atoms with Gasteiger partial charge in [-0.3, -0.25) is 4.79 Å². The zero-order valence-electron chi connectivity index (χ0n) is 12.3. The SMILES string of the molecule is C=CCNC(=O)CCN1c2ccccc2Sc2ccccc21. The molecule has 4 heteroatoms. The number of anilines is 2. The zero-order valence-corrected chi connectivity index (χ0v) is 13.1. The molecule has 1 aliphatic heterocycles. The molecule has 2 aromatic carbocycles. The Bertz CT molecular complexity index is 653. The van der Waals surface area contributed by atoms with Gasteiger partial charge in [-0.05, 0) is 24.3 Å². The normalized spacial score (nSPS) is 12.3. The minimum Gasteiger partial charge on any atom is -0.353 e. The topological polar surface area (TPSA) is 32.3 Å². The highest BCUT2D eigenvalue weighted by atomic mass is 32.2. The molecule has 0 spiro atoms. The number of hydrogen-bond donors (Lipinski definition) is 1. The second-order valence-electron chi connectivity index (χ2n) is 5.03. The van der Waals surface area contributed by atoms with Gasteiger partial charge in [-0.1, -0.05) is 42.1 Å². The molecule has 0 unspecified atom stereocenters. The first-order chi connectivity index (χ1) is 10.8. The van der Waals surface area contributed by atoms with Gasteiger partial charge in [0.1, 0.15) is 0 Å². The first-order valence-corrected chi connectivity index (χ1v) is 8.12. The van der Waals surface area contributed by atoms with E-state index < -0.39 is 0 Å². The minimum absolute atomic E-state index is 0.0492. The molecule has 0 fully saturated rings. The number of nitrogens with zero attached hydrogens (tertiary/aromatic N) is 1. The summed E-state index contributed by atoms with van der Waals surface area (Å²) in [4.78, 5) is 16.6. The number of benzene rings is 2. The van der Waals surface area contributed by atoms with E-state index in [2.05, 4.69) is 53.2 Å². The Labute approximate surface area is 135 Å². The van der Waals surface area contributed by atoms with Crippen LogP contribution in [-0.2, 0) is 4.79 Å². The Hall–Kier alpha value is -2.20. The van der Waals surface area contributed by atoms with Crippen LogP contribution in [0.5, 0.6) is 0 Å². The lowest BCUT2D eigenvalue weighted by Crippen LogP contribution is -2.29. The molecule has 0 aliphatic carbocycles. The van der Waals surface area contributed by atoms with Gasteiger partial charge >= 0.3 is 0 Å². The first-order valence-electron chi connectivity index (χ1n) is 7.30. The van der Waals surface area contributed by atoms with Crippen molar-refractivity contribution in [3.63, 3.8) is 0 Å². The van der Waals surface area contributed by atoms with Crippen LogP contribution >= 0.6 is 11.8 Å². The quantitative estimate of drug-likeness (QED) is 0.848. The number of fused-ring (bicyclic) bond motifs is 2. The fraction of sp³-hybridized carbons (Fsp3) is 0.167. The summed E-state index contributed by atoms with van der Waals surface area (Å²) in [6, 6.07) is 16.7. The Morgan fingerprint density at radius 1 is 1.09 bits per heavy atom. The van der Waals surface area contributed by atoms with Gasteiger partial charge in [0, 0.05) is 29.3 Å². The van der Waals surface area contributed by atoms with Crippen LogP contribution < -0.4 is 10.2 Å². The number of carbonyl (C=O) groups excluding carboxylic acids is 1. The van der Waals surface area contributed by atoms with Gasteiger partial charge in [-0.25, -0.2) is 0 Å². The molecular formula is C18H18N2OS. The van der Waals surface area contributed by atoms with E-state index in [4.69, 9.17) is 0 Å². The van der Waals surface area contributed by atoms with E-state index in [0.29, 0.717) is 19.5 Å². The number of rotatable bonds is 5. The average Bonchev–Trinajstić information content (AvgIpc) is 2.56. The molecule has 1 aliphatic rings. The van der Waals surface area contributed by atoms with Crippen molar-refractivity contribution in [1.82, 2.24) is 5.32 Å². The molecule has 0 radical (unpaired) electrons. The summed E-state index contributed by atoms with van der Waals surface area (Å²) in [6.07, 6.45) is 2.15. The summed E-state index contributed by atoms with van der Waals surface area (Å²) >= 11 is 1.78. The van der Waals surface area contributed by atoms with E-state index in [9.17, 15) is 4.79 Å². The van der Waals surface area contributed by atoms with Crippen LogP contribution in [0.25, 0.3) is 0 Å². The van der Waals surface area contributed by atoms with E-state index in [0.717, 1.165) is 0 Å². The van der Waals surface area contributed by atoms with Crippen LogP contribution in [0, 0.1) is 0 Å². The van der Waals surface area contributed by atoms with Crippen LogP contribution in [0.3, 0.4) is 0 Å². The van der Waals surface area contributed by atoms with Gasteiger partial charge in [0.15, 0.2) is 0 Å². The lowest BCUT2D eigenvalue weighted by atomic mass is 10.2. The number of para-hydroxylation sites is 2. The summed E-state index contributed by atoms with van der Waals surface area (Å²) in [6.45, 7) is 4.79. The Balaban J connectivity index is 1.83. The predicted octanol–water partition coefficient (Wildman–Crippen LogP) is 3.98. The summed E-state index contributed by atoms with van der Waals surface area (Å²) in [7, 11) is 0. The fourth-order valence-electron chi connectivity index (χ4n) is 2.51. The molecule has 1 N–H and O–H groups in total. The summed E-state index contributed by atoms with van der Waals surface area (Å²) in [5.74, 6) is 0.0492. The monoisotopic (exact) mass is 310 g/mol. The van der Waals surface area contributed by atoms with Crippen LogP contribution in [0.4, 0.5) is 11.4 Å². The largest absolute Gasteiger partial charge is 0.353 e. The van der Waals surface area contributed by atoms with E-state index in [1.165, 1.54) is 21.2 Å². The van der Waals surface area contributed by atoms with Crippen molar-refractivity contribution in [2.45, 2.75) is 16.2 Å². The predicted molar refractivity (Wildman–Crippen MR) is 91.8 cm³/mol. The van der Waals surface area contributed by atoms with Crippen molar-refractivity contribution in [3.05, 3.63) is 61.2 Å².